The number of furan rings is 1. The standard InChI is InChI=1S/C15H10ClFN2O2S/c1-8-2-5-13(21-8)12-7-22-15(18-12)19-14(20)10-4-3-9(17)6-11(10)16/h2-7H,1H3,(H,18,19,20). The van der Waals surface area contributed by atoms with Crippen LogP contribution in [0.3, 0.4) is 0 Å². The molecular formula is C15H10ClFN2O2S. The molecule has 0 saturated heterocycles. The molecule has 1 aromatic carbocycles. The van der Waals surface area contributed by atoms with Gasteiger partial charge in [-0.1, -0.05) is 11.6 Å². The number of amides is 1. The number of aromatic nitrogens is 1. The van der Waals surface area contributed by atoms with Crippen LogP contribution in [0.25, 0.3) is 11.5 Å². The number of hydrogen-bond acceptors (Lipinski definition) is 4. The second-order valence-electron chi connectivity index (χ2n) is 4.53. The average molecular weight is 337 g/mol. The van der Waals surface area contributed by atoms with E-state index in [1.54, 1.807) is 5.38 Å². The van der Waals surface area contributed by atoms with Crippen molar-refractivity contribution in [3.8, 4) is 11.5 Å². The third-order valence-corrected chi connectivity index (χ3v) is 3.96. The highest BCUT2D eigenvalue weighted by Crippen LogP contribution is 2.27. The lowest BCUT2D eigenvalue weighted by molar-refractivity contribution is 0.102. The van der Waals surface area contributed by atoms with Crippen LogP contribution in [0.4, 0.5) is 9.52 Å². The van der Waals surface area contributed by atoms with Gasteiger partial charge in [0.1, 0.15) is 17.3 Å². The number of aryl methyl sites for hydroxylation is 1. The fourth-order valence-corrected chi connectivity index (χ4v) is 2.80. The molecule has 2 aromatic heterocycles. The summed E-state index contributed by atoms with van der Waals surface area (Å²) >= 11 is 7.13. The predicted octanol–water partition coefficient (Wildman–Crippen LogP) is 4.76. The molecule has 1 N–H and O–H groups in total. The predicted molar refractivity (Wildman–Crippen MR) is 83.9 cm³/mol. The van der Waals surface area contributed by atoms with Crippen LogP contribution >= 0.6 is 22.9 Å². The number of carbonyl (C=O) groups excluding carboxylic acids is 1. The first-order valence-electron chi connectivity index (χ1n) is 6.31. The third kappa shape index (κ3) is 3.03. The Bertz CT molecular complexity index is 844. The van der Waals surface area contributed by atoms with Crippen molar-refractivity contribution in [1.82, 2.24) is 4.98 Å². The second kappa shape index (κ2) is 5.90. The number of thiazole rings is 1. The first-order chi connectivity index (χ1) is 10.5. The number of nitrogens with one attached hydrogen (secondary N) is 1. The van der Waals surface area contributed by atoms with Crippen LogP contribution in [-0.2, 0) is 0 Å². The maximum atomic E-state index is 13.0. The van der Waals surface area contributed by atoms with Crippen molar-refractivity contribution in [3.63, 3.8) is 0 Å². The van der Waals surface area contributed by atoms with Gasteiger partial charge in [-0.2, -0.15) is 0 Å². The zero-order valence-electron chi connectivity index (χ0n) is 11.4. The molecule has 0 aliphatic heterocycles. The maximum absolute atomic E-state index is 13.0. The highest BCUT2D eigenvalue weighted by Gasteiger charge is 2.14. The quantitative estimate of drug-likeness (QED) is 0.750. The van der Waals surface area contributed by atoms with Gasteiger partial charge in [0.25, 0.3) is 5.91 Å². The molecule has 0 atom stereocenters. The minimum absolute atomic E-state index is 0.0518. The van der Waals surface area contributed by atoms with E-state index in [-0.39, 0.29) is 10.6 Å². The number of hydrogen-bond donors (Lipinski definition) is 1. The summed E-state index contributed by atoms with van der Waals surface area (Å²) in [4.78, 5) is 16.4. The molecule has 0 saturated carbocycles. The van der Waals surface area contributed by atoms with Crippen molar-refractivity contribution >= 4 is 34.0 Å². The fourth-order valence-electron chi connectivity index (χ4n) is 1.85. The molecule has 3 aromatic rings. The molecule has 0 aliphatic rings. The molecule has 1 amide bonds. The lowest BCUT2D eigenvalue weighted by atomic mass is 10.2. The van der Waals surface area contributed by atoms with Gasteiger partial charge in [0.2, 0.25) is 0 Å². The van der Waals surface area contributed by atoms with E-state index in [9.17, 15) is 9.18 Å². The summed E-state index contributed by atoms with van der Waals surface area (Å²) in [6.07, 6.45) is 0. The van der Waals surface area contributed by atoms with Crippen LogP contribution < -0.4 is 5.32 Å². The Kier molecular flexibility index (Phi) is 3.96. The summed E-state index contributed by atoms with van der Waals surface area (Å²) in [6.45, 7) is 1.84. The minimum Gasteiger partial charge on any atom is -0.460 e. The SMILES string of the molecule is Cc1ccc(-c2csc(NC(=O)c3ccc(F)cc3Cl)n2)o1. The normalized spacial score (nSPS) is 10.7. The zero-order chi connectivity index (χ0) is 15.7. The van der Waals surface area contributed by atoms with Gasteiger partial charge >= 0.3 is 0 Å². The molecule has 0 aliphatic carbocycles. The topological polar surface area (TPSA) is 55.1 Å². The highest BCUT2D eigenvalue weighted by molar-refractivity contribution is 7.14. The van der Waals surface area contributed by atoms with Crippen molar-refractivity contribution in [3.05, 3.63) is 57.9 Å². The van der Waals surface area contributed by atoms with Gasteiger partial charge in [-0.05, 0) is 37.3 Å². The van der Waals surface area contributed by atoms with Crippen LogP contribution in [0, 0.1) is 12.7 Å². The van der Waals surface area contributed by atoms with Crippen LogP contribution in [0.1, 0.15) is 16.1 Å². The number of carbonyl (C=O) groups is 1. The van der Waals surface area contributed by atoms with Gasteiger partial charge in [0.15, 0.2) is 10.9 Å². The Hall–Kier alpha value is -2.18. The van der Waals surface area contributed by atoms with Crippen LogP contribution in [0.15, 0.2) is 40.1 Å². The van der Waals surface area contributed by atoms with E-state index < -0.39 is 11.7 Å². The Morgan fingerprint density at radius 3 is 2.86 bits per heavy atom. The Morgan fingerprint density at radius 2 is 2.18 bits per heavy atom. The van der Waals surface area contributed by atoms with Crippen molar-refractivity contribution in [2.75, 3.05) is 5.32 Å². The number of benzene rings is 1. The first kappa shape index (κ1) is 14.7. The summed E-state index contributed by atoms with van der Waals surface area (Å²) in [6, 6.07) is 7.25. The summed E-state index contributed by atoms with van der Waals surface area (Å²) in [5, 5.41) is 4.88. The Morgan fingerprint density at radius 1 is 1.36 bits per heavy atom. The smallest absolute Gasteiger partial charge is 0.258 e. The number of rotatable bonds is 3. The molecule has 4 nitrogen and oxygen atoms in total. The van der Waals surface area contributed by atoms with Gasteiger partial charge in [0.05, 0.1) is 10.6 Å². The zero-order valence-corrected chi connectivity index (χ0v) is 13.0. The Labute approximate surface area is 134 Å². The van der Waals surface area contributed by atoms with Crippen molar-refractivity contribution in [1.29, 1.82) is 0 Å². The lowest BCUT2D eigenvalue weighted by Crippen LogP contribution is -2.12. The van der Waals surface area contributed by atoms with Crippen molar-refractivity contribution in [2.45, 2.75) is 6.92 Å². The molecule has 2 heterocycles. The van der Waals surface area contributed by atoms with E-state index in [1.807, 2.05) is 19.1 Å². The van der Waals surface area contributed by atoms with Gasteiger partial charge in [0, 0.05) is 5.38 Å². The number of nitrogens with zero attached hydrogens (tertiary/aromatic N) is 1. The van der Waals surface area contributed by atoms with E-state index in [0.717, 1.165) is 11.8 Å². The lowest BCUT2D eigenvalue weighted by Gasteiger charge is -2.03. The van der Waals surface area contributed by atoms with Gasteiger partial charge in [-0.15, -0.1) is 11.3 Å². The first-order valence-corrected chi connectivity index (χ1v) is 7.57. The monoisotopic (exact) mass is 336 g/mol. The summed E-state index contributed by atoms with van der Waals surface area (Å²) in [5.74, 6) is 0.480. The van der Waals surface area contributed by atoms with Crippen LogP contribution in [0.2, 0.25) is 5.02 Å². The highest BCUT2D eigenvalue weighted by atomic mass is 35.5. The molecule has 0 unspecified atom stereocenters. The third-order valence-electron chi connectivity index (χ3n) is 2.89. The maximum Gasteiger partial charge on any atom is 0.258 e. The van der Waals surface area contributed by atoms with Crippen LogP contribution in [0.5, 0.6) is 0 Å². The van der Waals surface area contributed by atoms with Crippen molar-refractivity contribution < 1.29 is 13.6 Å². The number of anilines is 1. The average Bonchev–Trinajstić information content (AvgIpc) is 3.07. The van der Waals surface area contributed by atoms with Gasteiger partial charge in [-0.25, -0.2) is 9.37 Å². The van der Waals surface area contributed by atoms with E-state index in [0.29, 0.717) is 16.6 Å². The molecule has 0 radical (unpaired) electrons. The molecular weight excluding hydrogens is 327 g/mol. The minimum atomic E-state index is -0.494. The van der Waals surface area contributed by atoms with E-state index in [4.69, 9.17) is 16.0 Å². The molecule has 112 valence electrons. The molecule has 22 heavy (non-hydrogen) atoms. The van der Waals surface area contributed by atoms with Gasteiger partial charge in [-0.3, -0.25) is 10.1 Å². The van der Waals surface area contributed by atoms with Crippen LogP contribution in [-0.4, -0.2) is 10.9 Å². The van der Waals surface area contributed by atoms with Crippen molar-refractivity contribution in [2.24, 2.45) is 0 Å². The van der Waals surface area contributed by atoms with E-state index in [1.165, 1.54) is 23.5 Å². The van der Waals surface area contributed by atoms with E-state index in [2.05, 4.69) is 10.3 Å². The molecule has 0 bridgehead atoms. The summed E-state index contributed by atoms with van der Waals surface area (Å²) in [7, 11) is 0. The largest absolute Gasteiger partial charge is 0.460 e. The second-order valence-corrected chi connectivity index (χ2v) is 5.79. The molecule has 7 heteroatoms. The molecule has 0 spiro atoms. The molecule has 3 rings (SSSR count). The van der Waals surface area contributed by atoms with E-state index >= 15 is 0 Å². The van der Waals surface area contributed by atoms with Gasteiger partial charge < -0.3 is 4.42 Å². The summed E-state index contributed by atoms with van der Waals surface area (Å²) in [5.41, 5.74) is 0.826. The molecule has 0 fully saturated rings. The fraction of sp³-hybridized carbons (Fsp3) is 0.0667. The Balaban J connectivity index is 1.79. The summed E-state index contributed by atoms with van der Waals surface area (Å²) < 4.78 is 18.5. The number of halogens is 2.